The van der Waals surface area contributed by atoms with E-state index >= 15 is 0 Å². The van der Waals surface area contributed by atoms with Gasteiger partial charge < -0.3 is 9.64 Å². The highest BCUT2D eigenvalue weighted by Crippen LogP contribution is 2.28. The van der Waals surface area contributed by atoms with Crippen molar-refractivity contribution in [2.75, 3.05) is 20.1 Å². The lowest BCUT2D eigenvalue weighted by molar-refractivity contribution is 0.114. The molecule has 2 rings (SSSR count). The van der Waals surface area contributed by atoms with Crippen LogP contribution in [0, 0.1) is 0 Å². The zero-order valence-electron chi connectivity index (χ0n) is 10.6. The zero-order chi connectivity index (χ0) is 12.3. The van der Waals surface area contributed by atoms with Gasteiger partial charge in [-0.15, -0.1) is 0 Å². The van der Waals surface area contributed by atoms with Crippen LogP contribution in [0.15, 0.2) is 18.2 Å². The number of ether oxygens (including phenoxy) is 1. The van der Waals surface area contributed by atoms with Gasteiger partial charge in [0.2, 0.25) is 0 Å². The molecule has 0 N–H and O–H groups in total. The Morgan fingerprint density at radius 2 is 2.06 bits per heavy atom. The molecule has 0 unspecified atom stereocenters. The topological polar surface area (TPSA) is 12.5 Å². The lowest BCUT2D eigenvalue weighted by Gasteiger charge is -2.29. The third kappa shape index (κ3) is 3.36. The Labute approximate surface area is 109 Å². The van der Waals surface area contributed by atoms with Crippen molar-refractivity contribution in [3.8, 4) is 5.75 Å². The summed E-state index contributed by atoms with van der Waals surface area (Å²) in [5, 5.41) is 0.723. The molecule has 0 bridgehead atoms. The smallest absolute Gasteiger partial charge is 0.138 e. The standard InChI is InChI=1S/C14H20ClNO/c1-3-11-4-5-13(15)14(10-11)17-12-6-8-16(2)9-7-12/h4-5,10,12H,3,6-9H2,1-2H3. The monoisotopic (exact) mass is 253 g/mol. The Morgan fingerprint density at radius 3 is 2.71 bits per heavy atom. The Balaban J connectivity index is 2.02. The molecule has 0 aliphatic carbocycles. The average molecular weight is 254 g/mol. The lowest BCUT2D eigenvalue weighted by atomic mass is 10.1. The lowest BCUT2D eigenvalue weighted by Crippen LogP contribution is -2.35. The minimum atomic E-state index is 0.316. The molecule has 1 aliphatic heterocycles. The fraction of sp³-hybridized carbons (Fsp3) is 0.571. The van der Waals surface area contributed by atoms with Crippen LogP contribution in [0.3, 0.4) is 0 Å². The fourth-order valence-corrected chi connectivity index (χ4v) is 2.30. The second kappa shape index (κ2) is 5.74. The van der Waals surface area contributed by atoms with E-state index < -0.39 is 0 Å². The van der Waals surface area contributed by atoms with Gasteiger partial charge >= 0.3 is 0 Å². The van der Waals surface area contributed by atoms with Gasteiger partial charge in [0.05, 0.1) is 5.02 Å². The molecule has 0 saturated carbocycles. The SMILES string of the molecule is CCc1ccc(Cl)c(OC2CCN(C)CC2)c1. The van der Waals surface area contributed by atoms with E-state index in [9.17, 15) is 0 Å². The van der Waals surface area contributed by atoms with Crippen molar-refractivity contribution in [2.24, 2.45) is 0 Å². The molecular formula is C14H20ClNO. The van der Waals surface area contributed by atoms with Crippen molar-refractivity contribution < 1.29 is 4.74 Å². The molecule has 1 aliphatic rings. The highest BCUT2D eigenvalue weighted by molar-refractivity contribution is 6.32. The molecule has 1 heterocycles. The third-order valence-electron chi connectivity index (χ3n) is 3.36. The van der Waals surface area contributed by atoms with E-state index in [-0.39, 0.29) is 0 Å². The molecule has 0 radical (unpaired) electrons. The number of halogens is 1. The molecule has 0 aromatic heterocycles. The maximum absolute atomic E-state index is 6.17. The van der Waals surface area contributed by atoms with E-state index in [1.807, 2.05) is 6.07 Å². The maximum Gasteiger partial charge on any atom is 0.138 e. The summed E-state index contributed by atoms with van der Waals surface area (Å²) in [6.07, 6.45) is 3.50. The number of likely N-dealkylation sites (tertiary alicyclic amines) is 1. The van der Waals surface area contributed by atoms with Crippen LogP contribution in [-0.4, -0.2) is 31.1 Å². The quantitative estimate of drug-likeness (QED) is 0.819. The molecule has 1 fully saturated rings. The summed E-state index contributed by atoms with van der Waals surface area (Å²) in [6.45, 7) is 4.36. The third-order valence-corrected chi connectivity index (χ3v) is 3.68. The first kappa shape index (κ1) is 12.7. The van der Waals surface area contributed by atoms with Crippen LogP contribution in [0.4, 0.5) is 0 Å². The van der Waals surface area contributed by atoms with Gasteiger partial charge in [-0.25, -0.2) is 0 Å². The first-order valence-electron chi connectivity index (χ1n) is 6.32. The highest BCUT2D eigenvalue weighted by atomic mass is 35.5. The second-order valence-corrected chi connectivity index (χ2v) is 5.15. The molecule has 2 nitrogen and oxygen atoms in total. The van der Waals surface area contributed by atoms with E-state index in [4.69, 9.17) is 16.3 Å². The molecule has 17 heavy (non-hydrogen) atoms. The minimum absolute atomic E-state index is 0.316. The summed E-state index contributed by atoms with van der Waals surface area (Å²) in [5.41, 5.74) is 1.28. The van der Waals surface area contributed by atoms with Crippen molar-refractivity contribution in [3.05, 3.63) is 28.8 Å². The van der Waals surface area contributed by atoms with Crippen molar-refractivity contribution in [2.45, 2.75) is 32.3 Å². The van der Waals surface area contributed by atoms with E-state index in [0.717, 1.165) is 43.1 Å². The van der Waals surface area contributed by atoms with Crippen molar-refractivity contribution in [1.29, 1.82) is 0 Å². The number of piperidine rings is 1. The first-order chi connectivity index (χ1) is 8.19. The number of benzene rings is 1. The number of hydrogen-bond acceptors (Lipinski definition) is 2. The van der Waals surface area contributed by atoms with E-state index in [0.29, 0.717) is 6.10 Å². The Hall–Kier alpha value is -0.730. The average Bonchev–Trinajstić information content (AvgIpc) is 2.35. The van der Waals surface area contributed by atoms with Crippen molar-refractivity contribution >= 4 is 11.6 Å². The first-order valence-corrected chi connectivity index (χ1v) is 6.70. The molecule has 0 atom stereocenters. The molecule has 0 spiro atoms. The van der Waals surface area contributed by atoms with Gasteiger partial charge in [0.25, 0.3) is 0 Å². The van der Waals surface area contributed by atoms with Crippen LogP contribution in [0.2, 0.25) is 5.02 Å². The van der Waals surface area contributed by atoms with E-state index in [2.05, 4.69) is 31.0 Å². The van der Waals surface area contributed by atoms with Gasteiger partial charge in [-0.05, 0) is 44.0 Å². The van der Waals surface area contributed by atoms with Crippen LogP contribution >= 0.6 is 11.6 Å². The van der Waals surface area contributed by atoms with Crippen LogP contribution in [0.25, 0.3) is 0 Å². The van der Waals surface area contributed by atoms with Gasteiger partial charge in [0.1, 0.15) is 11.9 Å². The number of hydrogen-bond donors (Lipinski definition) is 0. The maximum atomic E-state index is 6.17. The van der Waals surface area contributed by atoms with Crippen LogP contribution in [0.5, 0.6) is 5.75 Å². The second-order valence-electron chi connectivity index (χ2n) is 4.74. The molecule has 94 valence electrons. The van der Waals surface area contributed by atoms with E-state index in [1.54, 1.807) is 0 Å². The molecule has 3 heteroatoms. The number of nitrogens with zero attached hydrogens (tertiary/aromatic N) is 1. The molecule has 1 aromatic rings. The van der Waals surface area contributed by atoms with Gasteiger partial charge in [-0.3, -0.25) is 0 Å². The largest absolute Gasteiger partial charge is 0.489 e. The number of aryl methyl sites for hydroxylation is 1. The summed E-state index contributed by atoms with van der Waals surface area (Å²) >= 11 is 6.17. The van der Waals surface area contributed by atoms with Crippen LogP contribution < -0.4 is 4.74 Å². The Kier molecular flexibility index (Phi) is 4.30. The zero-order valence-corrected chi connectivity index (χ0v) is 11.3. The van der Waals surface area contributed by atoms with Crippen molar-refractivity contribution in [1.82, 2.24) is 4.90 Å². The summed E-state index contributed by atoms with van der Waals surface area (Å²) in [4.78, 5) is 2.34. The predicted molar refractivity (Wildman–Crippen MR) is 72.0 cm³/mol. The number of rotatable bonds is 3. The van der Waals surface area contributed by atoms with E-state index in [1.165, 1.54) is 5.56 Å². The Bertz CT molecular complexity index is 372. The summed E-state index contributed by atoms with van der Waals surface area (Å²) in [7, 11) is 2.15. The molecule has 1 saturated heterocycles. The summed E-state index contributed by atoms with van der Waals surface area (Å²) in [5.74, 6) is 0.848. The molecule has 1 aromatic carbocycles. The van der Waals surface area contributed by atoms with Gasteiger partial charge in [0.15, 0.2) is 0 Å². The highest BCUT2D eigenvalue weighted by Gasteiger charge is 2.18. The Morgan fingerprint density at radius 1 is 1.35 bits per heavy atom. The molecule has 0 amide bonds. The summed E-state index contributed by atoms with van der Waals surface area (Å²) in [6, 6.07) is 6.06. The van der Waals surface area contributed by atoms with Crippen molar-refractivity contribution in [3.63, 3.8) is 0 Å². The van der Waals surface area contributed by atoms with Crippen LogP contribution in [-0.2, 0) is 6.42 Å². The van der Waals surface area contributed by atoms with Crippen LogP contribution in [0.1, 0.15) is 25.3 Å². The normalized spacial score (nSPS) is 18.3. The fourth-order valence-electron chi connectivity index (χ4n) is 2.14. The summed E-state index contributed by atoms with van der Waals surface area (Å²) < 4.78 is 6.02. The minimum Gasteiger partial charge on any atom is -0.489 e. The predicted octanol–water partition coefficient (Wildman–Crippen LogP) is 3.38. The van der Waals surface area contributed by atoms with Gasteiger partial charge in [-0.2, -0.15) is 0 Å². The van der Waals surface area contributed by atoms with Gasteiger partial charge in [0, 0.05) is 13.1 Å². The molecular weight excluding hydrogens is 234 g/mol. The van der Waals surface area contributed by atoms with Gasteiger partial charge in [-0.1, -0.05) is 24.6 Å².